The van der Waals surface area contributed by atoms with Gasteiger partial charge in [0.2, 0.25) is 5.82 Å². The first-order valence-corrected chi connectivity index (χ1v) is 13.4. The fourth-order valence-corrected chi connectivity index (χ4v) is 4.55. The molecular formula is C32H35F3O3. The van der Waals surface area contributed by atoms with Crippen LogP contribution in [0.15, 0.2) is 66.7 Å². The van der Waals surface area contributed by atoms with Crippen molar-refractivity contribution in [1.82, 2.24) is 0 Å². The van der Waals surface area contributed by atoms with Gasteiger partial charge in [0.05, 0.1) is 19.8 Å². The Kier molecular flexibility index (Phi) is 10.0. The van der Waals surface area contributed by atoms with Crippen molar-refractivity contribution in [2.45, 2.75) is 58.2 Å². The summed E-state index contributed by atoms with van der Waals surface area (Å²) in [5.74, 6) is -2.42. The molecule has 1 aliphatic rings. The molecule has 0 atom stereocenters. The third-order valence-corrected chi connectivity index (χ3v) is 6.80. The van der Waals surface area contributed by atoms with E-state index in [1.54, 1.807) is 30.3 Å². The zero-order valence-electron chi connectivity index (χ0n) is 22.0. The van der Waals surface area contributed by atoms with Gasteiger partial charge in [0.1, 0.15) is 5.82 Å². The quantitative estimate of drug-likeness (QED) is 0.185. The molecule has 0 unspecified atom stereocenters. The molecule has 1 fully saturated rings. The Hall–Kier alpha value is -3.09. The molecular weight excluding hydrogens is 489 g/mol. The molecule has 1 aliphatic heterocycles. The van der Waals surface area contributed by atoms with Crippen molar-refractivity contribution in [3.05, 3.63) is 89.8 Å². The summed E-state index contributed by atoms with van der Waals surface area (Å²) in [4.78, 5) is 0. The van der Waals surface area contributed by atoms with Gasteiger partial charge in [-0.15, -0.1) is 0 Å². The highest BCUT2D eigenvalue weighted by atomic mass is 19.2. The van der Waals surface area contributed by atoms with Crippen LogP contribution in [0, 0.1) is 17.5 Å². The second kappa shape index (κ2) is 13.6. The lowest BCUT2D eigenvalue weighted by atomic mass is 9.95. The molecule has 4 rings (SSSR count). The van der Waals surface area contributed by atoms with Crippen molar-refractivity contribution in [2.75, 3.05) is 19.8 Å². The fraction of sp³-hybridized carbons (Fsp3) is 0.375. The van der Waals surface area contributed by atoms with Gasteiger partial charge < -0.3 is 14.2 Å². The van der Waals surface area contributed by atoms with E-state index < -0.39 is 11.6 Å². The Labute approximate surface area is 223 Å². The van der Waals surface area contributed by atoms with Crippen LogP contribution in [0.25, 0.3) is 22.3 Å². The molecule has 0 aromatic heterocycles. The molecule has 0 bridgehead atoms. The summed E-state index contributed by atoms with van der Waals surface area (Å²) < 4.78 is 61.5. The van der Waals surface area contributed by atoms with Crippen LogP contribution >= 0.6 is 0 Å². The van der Waals surface area contributed by atoms with Crippen LogP contribution in [0.3, 0.4) is 0 Å². The minimum Gasteiger partial charge on any atom is -0.490 e. The highest BCUT2D eigenvalue weighted by molar-refractivity contribution is 5.71. The lowest BCUT2D eigenvalue weighted by Gasteiger charge is -2.29. The highest BCUT2D eigenvalue weighted by Gasteiger charge is 2.24. The van der Waals surface area contributed by atoms with E-state index in [0.717, 1.165) is 37.7 Å². The summed E-state index contributed by atoms with van der Waals surface area (Å²) in [6, 6.07) is 14.9. The van der Waals surface area contributed by atoms with Gasteiger partial charge >= 0.3 is 0 Å². The normalized spacial score (nSPS) is 17.7. The second-order valence-electron chi connectivity index (χ2n) is 9.55. The van der Waals surface area contributed by atoms with E-state index in [1.165, 1.54) is 18.2 Å². The largest absolute Gasteiger partial charge is 0.490 e. The van der Waals surface area contributed by atoms with E-state index in [0.29, 0.717) is 36.5 Å². The van der Waals surface area contributed by atoms with E-state index >= 15 is 4.39 Å². The Morgan fingerprint density at radius 2 is 1.55 bits per heavy atom. The number of ether oxygens (including phenoxy) is 3. The predicted molar refractivity (Wildman–Crippen MR) is 145 cm³/mol. The van der Waals surface area contributed by atoms with Crippen LogP contribution in [0.1, 0.15) is 57.4 Å². The predicted octanol–water partition coefficient (Wildman–Crippen LogP) is 8.82. The number of unbranched alkanes of at least 4 members (excludes halogenated alkanes) is 2. The monoisotopic (exact) mass is 524 g/mol. The standard InChI is InChI=1S/C32H35F3O3/c1-3-5-7-9-30-37-20-25(21-38-30)24-14-15-26(28(33)19-24)22-10-12-23(13-11-22)27-16-17-29(32(35)31(27)34)36-18-8-6-4-2/h3,5,10-17,19,25,30H,4,6-9,18,20-21H2,1-2H3/b5-3+. The first-order valence-electron chi connectivity index (χ1n) is 13.4. The summed E-state index contributed by atoms with van der Waals surface area (Å²) >= 11 is 0. The molecule has 0 aliphatic carbocycles. The average Bonchev–Trinajstić information content (AvgIpc) is 2.94. The van der Waals surface area contributed by atoms with Crippen LogP contribution in [-0.2, 0) is 9.47 Å². The molecule has 3 nitrogen and oxygen atoms in total. The molecule has 1 saturated heterocycles. The lowest BCUT2D eigenvalue weighted by molar-refractivity contribution is -0.189. The average molecular weight is 525 g/mol. The Morgan fingerprint density at radius 1 is 0.868 bits per heavy atom. The summed E-state index contributed by atoms with van der Waals surface area (Å²) in [6.07, 6.45) is 8.34. The smallest absolute Gasteiger partial charge is 0.201 e. The van der Waals surface area contributed by atoms with Crippen molar-refractivity contribution in [3.8, 4) is 28.0 Å². The minimum absolute atomic E-state index is 0.0321. The van der Waals surface area contributed by atoms with E-state index in [4.69, 9.17) is 14.2 Å². The molecule has 0 radical (unpaired) electrons. The Balaban J connectivity index is 1.42. The summed E-state index contributed by atoms with van der Waals surface area (Å²) in [5.41, 5.74) is 2.54. The van der Waals surface area contributed by atoms with Gasteiger partial charge in [0, 0.05) is 23.5 Å². The summed E-state index contributed by atoms with van der Waals surface area (Å²) in [7, 11) is 0. The number of rotatable bonds is 11. The van der Waals surface area contributed by atoms with Crippen molar-refractivity contribution in [3.63, 3.8) is 0 Å². The first kappa shape index (κ1) is 27.9. The molecule has 3 aromatic rings. The molecule has 1 heterocycles. The highest BCUT2D eigenvalue weighted by Crippen LogP contribution is 2.33. The molecule has 202 valence electrons. The van der Waals surface area contributed by atoms with E-state index in [1.807, 2.05) is 19.1 Å². The number of halogens is 3. The molecule has 0 spiro atoms. The van der Waals surface area contributed by atoms with Crippen LogP contribution in [0.4, 0.5) is 13.2 Å². The van der Waals surface area contributed by atoms with Crippen LogP contribution in [0.2, 0.25) is 0 Å². The van der Waals surface area contributed by atoms with Crippen LogP contribution < -0.4 is 4.74 Å². The first-order chi connectivity index (χ1) is 18.5. The molecule has 38 heavy (non-hydrogen) atoms. The number of allylic oxidation sites excluding steroid dienone is 2. The third kappa shape index (κ3) is 6.86. The molecule has 3 aromatic carbocycles. The van der Waals surface area contributed by atoms with Gasteiger partial charge in [-0.2, -0.15) is 4.39 Å². The van der Waals surface area contributed by atoms with E-state index in [9.17, 15) is 8.78 Å². The van der Waals surface area contributed by atoms with Crippen LogP contribution in [0.5, 0.6) is 5.75 Å². The number of hydrogen-bond donors (Lipinski definition) is 0. The Morgan fingerprint density at radius 3 is 2.21 bits per heavy atom. The zero-order valence-corrected chi connectivity index (χ0v) is 22.0. The molecule has 0 amide bonds. The third-order valence-electron chi connectivity index (χ3n) is 6.80. The van der Waals surface area contributed by atoms with Gasteiger partial charge in [-0.05, 0) is 54.7 Å². The minimum atomic E-state index is -0.996. The van der Waals surface area contributed by atoms with Gasteiger partial charge in [-0.3, -0.25) is 0 Å². The van der Waals surface area contributed by atoms with Crippen LogP contribution in [-0.4, -0.2) is 26.1 Å². The van der Waals surface area contributed by atoms with Gasteiger partial charge in [0.15, 0.2) is 17.9 Å². The summed E-state index contributed by atoms with van der Waals surface area (Å²) in [5, 5.41) is 0. The van der Waals surface area contributed by atoms with Gasteiger partial charge in [0.25, 0.3) is 0 Å². The van der Waals surface area contributed by atoms with Crippen molar-refractivity contribution >= 4 is 0 Å². The van der Waals surface area contributed by atoms with E-state index in [-0.39, 0.29) is 29.3 Å². The van der Waals surface area contributed by atoms with Gasteiger partial charge in [-0.25, -0.2) is 8.78 Å². The Bertz CT molecular complexity index is 1220. The second-order valence-corrected chi connectivity index (χ2v) is 9.55. The SMILES string of the molecule is C/C=C/CCC1OCC(c2ccc(-c3ccc(-c4ccc(OCCCCC)c(F)c4F)cc3)c(F)c2)CO1. The topological polar surface area (TPSA) is 27.7 Å². The zero-order chi connectivity index (χ0) is 26.9. The maximum Gasteiger partial charge on any atom is 0.201 e. The number of benzene rings is 3. The molecule has 0 N–H and O–H groups in total. The summed E-state index contributed by atoms with van der Waals surface area (Å²) in [6.45, 7) is 5.36. The molecule has 6 heteroatoms. The number of hydrogen-bond acceptors (Lipinski definition) is 3. The lowest BCUT2D eigenvalue weighted by Crippen LogP contribution is -2.30. The fourth-order valence-electron chi connectivity index (χ4n) is 4.55. The maximum atomic E-state index is 15.1. The van der Waals surface area contributed by atoms with Crippen molar-refractivity contribution in [2.24, 2.45) is 0 Å². The maximum absolute atomic E-state index is 15.1. The van der Waals surface area contributed by atoms with Crippen molar-refractivity contribution in [1.29, 1.82) is 0 Å². The van der Waals surface area contributed by atoms with E-state index in [2.05, 4.69) is 13.0 Å². The van der Waals surface area contributed by atoms with Crippen molar-refractivity contribution < 1.29 is 27.4 Å². The molecule has 0 saturated carbocycles. The van der Waals surface area contributed by atoms with Gasteiger partial charge in [-0.1, -0.05) is 68.3 Å².